The average Bonchev–Trinajstić information content (AvgIpc) is 3.52. The first-order valence-electron chi connectivity index (χ1n) is 15.4. The smallest absolute Gasteiger partial charge is 0.331 e. The Hall–Kier alpha value is -3.28. The van der Waals surface area contributed by atoms with Crippen molar-refractivity contribution in [1.29, 1.82) is 0 Å². The third-order valence-corrected chi connectivity index (χ3v) is 11.7. The number of fused-ring (bicyclic) bond motifs is 5. The Morgan fingerprint density at radius 3 is 2.47 bits per heavy atom. The van der Waals surface area contributed by atoms with Gasteiger partial charge in [0.15, 0.2) is 0 Å². The molecule has 11 heteroatoms. The Morgan fingerprint density at radius 2 is 1.77 bits per heavy atom. The van der Waals surface area contributed by atoms with Crippen LogP contribution in [0.2, 0.25) is 0 Å². The van der Waals surface area contributed by atoms with Crippen molar-refractivity contribution in [3.05, 3.63) is 41.5 Å². The maximum atomic E-state index is 13.0. The van der Waals surface area contributed by atoms with Crippen LogP contribution in [0.15, 0.2) is 41.0 Å². The molecular formula is C32H42N4O7. The van der Waals surface area contributed by atoms with Crippen molar-refractivity contribution in [2.75, 3.05) is 19.0 Å². The lowest BCUT2D eigenvalue weighted by atomic mass is 9.41. The van der Waals surface area contributed by atoms with Crippen molar-refractivity contribution in [3.8, 4) is 0 Å². The highest BCUT2D eigenvalue weighted by Crippen LogP contribution is 2.70. The van der Waals surface area contributed by atoms with Crippen molar-refractivity contribution in [2.24, 2.45) is 33.7 Å². The highest BCUT2D eigenvalue weighted by molar-refractivity contribution is 5.95. The molecule has 1 aliphatic heterocycles. The highest BCUT2D eigenvalue weighted by atomic mass is 16.5. The lowest BCUT2D eigenvalue weighted by molar-refractivity contribution is -0.237. The van der Waals surface area contributed by atoms with E-state index < -0.39 is 34.0 Å². The van der Waals surface area contributed by atoms with E-state index in [4.69, 9.17) is 4.74 Å². The summed E-state index contributed by atoms with van der Waals surface area (Å²) in [5.41, 5.74) is 1.02. The van der Waals surface area contributed by atoms with Crippen molar-refractivity contribution in [3.63, 3.8) is 0 Å². The Kier molecular flexibility index (Phi) is 7.42. The molecule has 6 rings (SSSR count). The molecule has 0 radical (unpaired) electrons. The van der Waals surface area contributed by atoms with Crippen molar-refractivity contribution in [1.82, 2.24) is 10.7 Å². The molecule has 4 aliphatic carbocycles. The van der Waals surface area contributed by atoms with E-state index in [1.807, 2.05) is 0 Å². The molecule has 0 aromatic heterocycles. The number of rotatable bonds is 5. The number of nitrogens with zero attached hydrogens (tertiary/aromatic N) is 1. The third kappa shape index (κ3) is 4.67. The molecule has 6 N–H and O–H groups in total. The quantitative estimate of drug-likeness (QED) is 0.173. The lowest BCUT2D eigenvalue weighted by Crippen LogP contribution is -2.68. The first-order chi connectivity index (χ1) is 20.4. The van der Waals surface area contributed by atoms with Gasteiger partial charge in [0.1, 0.15) is 6.61 Å². The molecule has 5 unspecified atom stereocenters. The van der Waals surface area contributed by atoms with Crippen LogP contribution in [0, 0.1) is 28.6 Å². The van der Waals surface area contributed by atoms with Gasteiger partial charge in [0, 0.05) is 47.8 Å². The van der Waals surface area contributed by atoms with Gasteiger partial charge < -0.3 is 30.7 Å². The number of benzene rings is 1. The second-order valence-corrected chi connectivity index (χ2v) is 13.5. The van der Waals surface area contributed by atoms with Crippen LogP contribution in [0.4, 0.5) is 10.5 Å². The van der Waals surface area contributed by atoms with E-state index in [0.717, 1.165) is 24.8 Å². The zero-order valence-electron chi connectivity index (χ0n) is 24.8. The average molecular weight is 595 g/mol. The third-order valence-electron chi connectivity index (χ3n) is 11.7. The van der Waals surface area contributed by atoms with E-state index in [2.05, 4.69) is 28.1 Å². The Morgan fingerprint density at radius 1 is 1.02 bits per heavy atom. The van der Waals surface area contributed by atoms with Crippen LogP contribution in [0.5, 0.6) is 0 Å². The summed E-state index contributed by atoms with van der Waals surface area (Å²) in [4.78, 5) is 36.4. The number of esters is 1. The van der Waals surface area contributed by atoms with Gasteiger partial charge in [-0.25, -0.2) is 15.0 Å². The van der Waals surface area contributed by atoms with Gasteiger partial charge in [-0.2, -0.15) is 5.10 Å². The molecule has 11 nitrogen and oxygen atoms in total. The number of amides is 3. The number of carbonyl (C=O) groups is 3. The molecular weight excluding hydrogens is 552 g/mol. The van der Waals surface area contributed by atoms with Gasteiger partial charge >= 0.3 is 12.0 Å². The summed E-state index contributed by atoms with van der Waals surface area (Å²) in [6.45, 7) is 2.43. The van der Waals surface area contributed by atoms with E-state index in [0.29, 0.717) is 43.4 Å². The maximum Gasteiger partial charge on any atom is 0.331 e. The maximum absolute atomic E-state index is 13.0. The fourth-order valence-electron chi connectivity index (χ4n) is 9.53. The van der Waals surface area contributed by atoms with Crippen LogP contribution >= 0.6 is 0 Å². The topological polar surface area (TPSA) is 170 Å². The second-order valence-electron chi connectivity index (χ2n) is 13.5. The number of cyclic esters (lactones) is 1. The SMILES string of the molecule is CNC(=O)Nc1ccc(C(=O)N/N=C/C23CC[C@@H](O)CC2(O)CC[C@@H]2[C@@H]3CCC3(C)C(C4=CC(=O)OC4)CCC23O)cc1. The molecule has 0 bridgehead atoms. The van der Waals surface area contributed by atoms with Gasteiger partial charge in [-0.15, -0.1) is 0 Å². The minimum atomic E-state index is -1.22. The van der Waals surface area contributed by atoms with Gasteiger partial charge in [-0.3, -0.25) is 4.79 Å². The van der Waals surface area contributed by atoms with Gasteiger partial charge in [0.2, 0.25) is 0 Å². The van der Waals surface area contributed by atoms with Gasteiger partial charge in [-0.1, -0.05) is 6.92 Å². The molecule has 4 saturated carbocycles. The summed E-state index contributed by atoms with van der Waals surface area (Å²) in [6, 6.07) is 6.06. The van der Waals surface area contributed by atoms with Crippen LogP contribution < -0.4 is 16.1 Å². The molecule has 5 aliphatic rings. The van der Waals surface area contributed by atoms with Crippen LogP contribution in [-0.2, 0) is 9.53 Å². The number of hydrazone groups is 1. The van der Waals surface area contributed by atoms with E-state index in [1.54, 1.807) is 36.6 Å². The number of anilines is 1. The molecule has 4 fully saturated rings. The van der Waals surface area contributed by atoms with Crippen molar-refractivity contribution >= 4 is 29.8 Å². The fourth-order valence-corrected chi connectivity index (χ4v) is 9.53. The molecule has 1 heterocycles. The number of ether oxygens (including phenoxy) is 1. The number of carbonyl (C=O) groups excluding carboxylic acids is 3. The number of urea groups is 1. The van der Waals surface area contributed by atoms with E-state index in [-0.39, 0.29) is 42.8 Å². The predicted molar refractivity (Wildman–Crippen MR) is 158 cm³/mol. The molecule has 43 heavy (non-hydrogen) atoms. The van der Waals surface area contributed by atoms with Crippen LogP contribution in [-0.4, -0.2) is 70.4 Å². The van der Waals surface area contributed by atoms with Crippen LogP contribution in [0.25, 0.3) is 0 Å². The fraction of sp³-hybridized carbons (Fsp3) is 0.625. The summed E-state index contributed by atoms with van der Waals surface area (Å²) in [7, 11) is 1.51. The normalized spacial score (nSPS) is 40.1. The first kappa shape index (κ1) is 29.8. The number of hydrogen-bond donors (Lipinski definition) is 6. The molecule has 1 aromatic carbocycles. The zero-order chi connectivity index (χ0) is 30.6. The summed E-state index contributed by atoms with van der Waals surface area (Å²) in [5.74, 6) is -0.892. The molecule has 8 atom stereocenters. The summed E-state index contributed by atoms with van der Waals surface area (Å²) in [6.07, 6.45) is 7.77. The summed E-state index contributed by atoms with van der Waals surface area (Å²) < 4.78 is 5.23. The molecule has 3 amide bonds. The summed E-state index contributed by atoms with van der Waals surface area (Å²) in [5, 5.41) is 44.8. The van der Waals surface area contributed by atoms with Crippen LogP contribution in [0.3, 0.4) is 0 Å². The van der Waals surface area contributed by atoms with E-state index in [9.17, 15) is 29.7 Å². The van der Waals surface area contributed by atoms with Gasteiger partial charge in [-0.05, 0) is 99.0 Å². The van der Waals surface area contributed by atoms with Gasteiger partial charge in [0.05, 0.1) is 17.3 Å². The Bertz CT molecular complexity index is 1360. The Balaban J connectivity index is 1.26. The zero-order valence-corrected chi connectivity index (χ0v) is 24.8. The number of hydrogen-bond acceptors (Lipinski definition) is 8. The van der Waals surface area contributed by atoms with Crippen molar-refractivity contribution in [2.45, 2.75) is 82.0 Å². The van der Waals surface area contributed by atoms with Crippen LogP contribution in [0.1, 0.15) is 75.1 Å². The monoisotopic (exact) mass is 594 g/mol. The minimum Gasteiger partial charge on any atom is -0.458 e. The highest BCUT2D eigenvalue weighted by Gasteiger charge is 2.71. The standard InChI is InChI=1S/C32H42N4O7/c1-29-11-8-24-25(32(29,42)14-10-23(29)20-15-26(38)43-17-20)9-13-31(41)16-22(37)7-12-30(24,31)18-34-36-27(39)19-3-5-21(6-4-19)35-28(40)33-2/h3-6,15,18,22-25,37,41-42H,7-14,16-17H2,1-2H3,(H,36,39)(H2,33,35,40)/b34-18+/t22-,23?,24+,25-,29?,30?,31?,32?/m1/s1. The summed E-state index contributed by atoms with van der Waals surface area (Å²) >= 11 is 0. The van der Waals surface area contributed by atoms with E-state index in [1.165, 1.54) is 7.05 Å². The van der Waals surface area contributed by atoms with Crippen molar-refractivity contribution < 1.29 is 34.4 Å². The lowest BCUT2D eigenvalue weighted by Gasteiger charge is -2.65. The predicted octanol–water partition coefficient (Wildman–Crippen LogP) is 2.87. The molecule has 0 saturated heterocycles. The molecule has 1 aromatic rings. The molecule has 232 valence electrons. The number of aliphatic hydroxyl groups excluding tert-OH is 1. The van der Waals surface area contributed by atoms with Gasteiger partial charge in [0.25, 0.3) is 5.91 Å². The van der Waals surface area contributed by atoms with E-state index >= 15 is 0 Å². The minimum absolute atomic E-state index is 0.0562. The number of aliphatic hydroxyl groups is 3. The second kappa shape index (κ2) is 10.7. The molecule has 0 spiro atoms. The largest absolute Gasteiger partial charge is 0.458 e. The number of nitrogens with one attached hydrogen (secondary N) is 3. The Labute approximate surface area is 251 Å². The first-order valence-corrected chi connectivity index (χ1v) is 15.4.